The van der Waals surface area contributed by atoms with Crippen molar-refractivity contribution in [2.75, 3.05) is 42.3 Å². The smallest absolute Gasteiger partial charge is 0.324 e. The van der Waals surface area contributed by atoms with Crippen molar-refractivity contribution < 1.29 is 17.9 Å². The number of sulfone groups is 1. The number of hydrogen-bond acceptors (Lipinski definition) is 9. The van der Waals surface area contributed by atoms with Crippen LogP contribution in [-0.4, -0.2) is 61.3 Å². The van der Waals surface area contributed by atoms with E-state index in [2.05, 4.69) is 26.7 Å². The number of carbonyl (C=O) groups is 1. The van der Waals surface area contributed by atoms with Gasteiger partial charge in [0, 0.05) is 31.4 Å². The average Bonchev–Trinajstić information content (AvgIpc) is 3.29. The van der Waals surface area contributed by atoms with Crippen LogP contribution in [0, 0.1) is 11.3 Å². The molecular formula is C26H28ClN7O4S. The molecule has 0 unspecified atom stereocenters. The van der Waals surface area contributed by atoms with E-state index in [4.69, 9.17) is 21.6 Å². The largest absolute Gasteiger partial charge is 0.494 e. The predicted molar refractivity (Wildman–Crippen MR) is 150 cm³/mol. The molecular weight excluding hydrogens is 542 g/mol. The number of para-hydroxylation sites is 1. The van der Waals surface area contributed by atoms with Crippen molar-refractivity contribution in [2.24, 2.45) is 0 Å². The van der Waals surface area contributed by atoms with Gasteiger partial charge in [-0.3, -0.25) is 4.90 Å². The van der Waals surface area contributed by atoms with E-state index in [0.717, 1.165) is 0 Å². The van der Waals surface area contributed by atoms with Crippen molar-refractivity contribution in [1.82, 2.24) is 14.9 Å². The second-order valence-corrected chi connectivity index (χ2v) is 11.8. The number of nitriles is 1. The summed E-state index contributed by atoms with van der Waals surface area (Å²) < 4.78 is 31.2. The first-order valence-corrected chi connectivity index (χ1v) is 14.1. The van der Waals surface area contributed by atoms with Crippen molar-refractivity contribution in [1.29, 1.82) is 5.26 Å². The fourth-order valence-corrected chi connectivity index (χ4v) is 5.34. The first-order valence-electron chi connectivity index (χ1n) is 12.2. The minimum Gasteiger partial charge on any atom is -0.494 e. The lowest BCUT2D eigenvalue weighted by molar-refractivity contribution is 0.221. The summed E-state index contributed by atoms with van der Waals surface area (Å²) in [5.74, 6) is 0.866. The summed E-state index contributed by atoms with van der Waals surface area (Å²) in [7, 11) is -2.05. The Hall–Kier alpha value is -4.08. The molecule has 3 aromatic rings. The molecule has 0 bridgehead atoms. The molecule has 13 heteroatoms. The highest BCUT2D eigenvalue weighted by atomic mass is 35.5. The highest BCUT2D eigenvalue weighted by Gasteiger charge is 2.29. The maximum absolute atomic E-state index is 12.8. The summed E-state index contributed by atoms with van der Waals surface area (Å²) in [6.45, 7) is 4.67. The Bertz CT molecular complexity index is 1520. The molecule has 2 aromatic carbocycles. The summed E-state index contributed by atoms with van der Waals surface area (Å²) in [5, 5.41) is 14.5. The highest BCUT2D eigenvalue weighted by Crippen LogP contribution is 2.34. The molecule has 0 saturated carbocycles. The summed E-state index contributed by atoms with van der Waals surface area (Å²) in [4.78, 5) is 24.8. The number of methoxy groups -OCH3 is 1. The Kier molecular flexibility index (Phi) is 8.42. The van der Waals surface area contributed by atoms with Gasteiger partial charge in [-0.05, 0) is 38.1 Å². The van der Waals surface area contributed by atoms with Crippen molar-refractivity contribution in [3.63, 3.8) is 0 Å². The minimum atomic E-state index is -3.56. The molecule has 1 aliphatic rings. The molecule has 2 N–H and O–H groups in total. The molecule has 2 amide bonds. The van der Waals surface area contributed by atoms with Gasteiger partial charge in [0.15, 0.2) is 15.7 Å². The Balaban J connectivity index is 1.57. The molecule has 1 aromatic heterocycles. The number of nitrogens with zero attached hydrogens (tertiary/aromatic N) is 5. The van der Waals surface area contributed by atoms with Gasteiger partial charge >= 0.3 is 6.03 Å². The van der Waals surface area contributed by atoms with E-state index in [-0.39, 0.29) is 34.1 Å². The van der Waals surface area contributed by atoms with Crippen LogP contribution in [0.2, 0.25) is 5.02 Å². The first kappa shape index (κ1) is 27.9. The molecule has 204 valence electrons. The molecule has 1 fully saturated rings. The number of hydrogen-bond donors (Lipinski definition) is 2. The van der Waals surface area contributed by atoms with Gasteiger partial charge in [0.25, 0.3) is 0 Å². The van der Waals surface area contributed by atoms with E-state index in [1.807, 2.05) is 0 Å². The van der Waals surface area contributed by atoms with Crippen LogP contribution in [0.4, 0.5) is 33.6 Å². The molecule has 4 rings (SSSR count). The average molecular weight is 570 g/mol. The number of benzene rings is 2. The molecule has 1 aliphatic heterocycles. The molecule has 0 aliphatic carbocycles. The van der Waals surface area contributed by atoms with Crippen LogP contribution in [0.25, 0.3) is 0 Å². The zero-order valence-corrected chi connectivity index (χ0v) is 23.3. The number of ether oxygens (including phenoxy) is 1. The maximum atomic E-state index is 12.8. The Morgan fingerprint density at radius 2 is 1.92 bits per heavy atom. The molecule has 39 heavy (non-hydrogen) atoms. The standard InChI is InChI=1S/C26H28ClN7O4S/c1-17(2)39(36,37)23-8-5-4-7-21(23)30-24-19(27)16-29-25(32-24)31-20-10-9-18(15-22(20)38-3)34-14-13-33(26(34)35)12-6-11-28/h4-5,7-10,15-17H,6,12-14H2,1-3H3,(H2,29,30,31,32). The Labute approximate surface area is 232 Å². The van der Waals surface area contributed by atoms with Gasteiger partial charge in [0.05, 0.1) is 47.3 Å². The van der Waals surface area contributed by atoms with E-state index < -0.39 is 15.1 Å². The molecule has 0 atom stereocenters. The lowest BCUT2D eigenvalue weighted by Crippen LogP contribution is -2.32. The first-order chi connectivity index (χ1) is 18.6. The van der Waals surface area contributed by atoms with Crippen molar-refractivity contribution in [2.45, 2.75) is 30.4 Å². The number of anilines is 5. The lowest BCUT2D eigenvalue weighted by Gasteiger charge is -2.20. The van der Waals surface area contributed by atoms with Crippen LogP contribution in [0.5, 0.6) is 5.75 Å². The molecule has 0 radical (unpaired) electrons. The van der Waals surface area contributed by atoms with E-state index >= 15 is 0 Å². The van der Waals surface area contributed by atoms with Crippen LogP contribution < -0.4 is 20.3 Å². The quantitative estimate of drug-likeness (QED) is 0.346. The Morgan fingerprint density at radius 3 is 2.64 bits per heavy atom. The second-order valence-electron chi connectivity index (χ2n) is 8.94. The predicted octanol–water partition coefficient (Wildman–Crippen LogP) is 4.96. The third-order valence-corrected chi connectivity index (χ3v) is 8.63. The van der Waals surface area contributed by atoms with Crippen molar-refractivity contribution in [3.8, 4) is 11.8 Å². The maximum Gasteiger partial charge on any atom is 0.324 e. The number of rotatable bonds is 10. The normalized spacial score (nSPS) is 13.5. The Morgan fingerprint density at radius 1 is 1.15 bits per heavy atom. The van der Waals surface area contributed by atoms with Gasteiger partial charge in [-0.15, -0.1) is 0 Å². The van der Waals surface area contributed by atoms with E-state index in [9.17, 15) is 13.2 Å². The summed E-state index contributed by atoms with van der Waals surface area (Å²) in [5.41, 5.74) is 1.55. The van der Waals surface area contributed by atoms with Crippen LogP contribution in [0.3, 0.4) is 0 Å². The summed E-state index contributed by atoms with van der Waals surface area (Å²) in [6.07, 6.45) is 1.68. The van der Waals surface area contributed by atoms with Crippen LogP contribution in [-0.2, 0) is 9.84 Å². The van der Waals surface area contributed by atoms with Crippen LogP contribution >= 0.6 is 11.6 Å². The number of halogens is 1. The number of carbonyl (C=O) groups excluding carboxylic acids is 1. The van der Waals surface area contributed by atoms with Gasteiger partial charge in [-0.1, -0.05) is 23.7 Å². The lowest BCUT2D eigenvalue weighted by atomic mass is 10.2. The molecule has 0 spiro atoms. The zero-order chi connectivity index (χ0) is 28.2. The third-order valence-electron chi connectivity index (χ3n) is 6.14. The van der Waals surface area contributed by atoms with Gasteiger partial charge in [-0.25, -0.2) is 18.2 Å². The molecule has 11 nitrogen and oxygen atoms in total. The fourth-order valence-electron chi connectivity index (χ4n) is 4.00. The number of aromatic nitrogens is 2. The van der Waals surface area contributed by atoms with E-state index in [0.29, 0.717) is 42.4 Å². The summed E-state index contributed by atoms with van der Waals surface area (Å²) >= 11 is 6.34. The fraction of sp³-hybridized carbons (Fsp3) is 0.308. The molecule has 1 saturated heterocycles. The number of urea groups is 1. The number of amides is 2. The SMILES string of the molecule is COc1cc(N2CCN(CCC#N)C2=O)ccc1Nc1ncc(Cl)c(Nc2ccccc2S(=O)(=O)C(C)C)n1. The van der Waals surface area contributed by atoms with E-state index in [1.54, 1.807) is 60.0 Å². The van der Waals surface area contributed by atoms with Crippen LogP contribution in [0.1, 0.15) is 20.3 Å². The van der Waals surface area contributed by atoms with Gasteiger partial charge in [0.2, 0.25) is 5.95 Å². The van der Waals surface area contributed by atoms with Crippen LogP contribution in [0.15, 0.2) is 53.6 Å². The van der Waals surface area contributed by atoms with E-state index in [1.165, 1.54) is 19.4 Å². The van der Waals surface area contributed by atoms with Gasteiger partial charge in [-0.2, -0.15) is 10.2 Å². The van der Waals surface area contributed by atoms with Gasteiger partial charge < -0.3 is 20.3 Å². The van der Waals surface area contributed by atoms with Crippen molar-refractivity contribution >= 4 is 56.3 Å². The zero-order valence-electron chi connectivity index (χ0n) is 21.7. The van der Waals surface area contributed by atoms with Crippen molar-refractivity contribution in [3.05, 3.63) is 53.7 Å². The monoisotopic (exact) mass is 569 g/mol. The molecule has 2 heterocycles. The highest BCUT2D eigenvalue weighted by molar-refractivity contribution is 7.92. The summed E-state index contributed by atoms with van der Waals surface area (Å²) in [6, 6.07) is 13.7. The third kappa shape index (κ3) is 6.00. The second kappa shape index (κ2) is 11.8. The minimum absolute atomic E-state index is 0.143. The topological polar surface area (TPSA) is 141 Å². The number of nitrogens with one attached hydrogen (secondary N) is 2. The van der Waals surface area contributed by atoms with Gasteiger partial charge in [0.1, 0.15) is 10.8 Å².